The smallest absolute Gasteiger partial charge is 0.255 e. The van der Waals surface area contributed by atoms with Gasteiger partial charge in [0.25, 0.3) is 5.56 Å². The lowest BCUT2D eigenvalue weighted by molar-refractivity contribution is -0.116. The first-order chi connectivity index (χ1) is 13.4. The van der Waals surface area contributed by atoms with Gasteiger partial charge in [0.15, 0.2) is 0 Å². The van der Waals surface area contributed by atoms with Crippen molar-refractivity contribution >= 4 is 17.5 Å². The molecule has 3 rings (SSSR count). The van der Waals surface area contributed by atoms with E-state index < -0.39 is 0 Å². The van der Waals surface area contributed by atoms with Crippen molar-refractivity contribution in [3.63, 3.8) is 0 Å². The van der Waals surface area contributed by atoms with E-state index in [4.69, 9.17) is 0 Å². The lowest BCUT2D eigenvalue weighted by atomic mass is 10.2. The van der Waals surface area contributed by atoms with Crippen LogP contribution in [-0.4, -0.2) is 22.5 Å². The minimum atomic E-state index is -0.271. The molecule has 28 heavy (non-hydrogen) atoms. The number of carbonyl (C=O) groups is 1. The number of benzene rings is 2. The third kappa shape index (κ3) is 4.85. The molecule has 2 aromatic carbocycles. The fourth-order valence-electron chi connectivity index (χ4n) is 3.04. The van der Waals surface area contributed by atoms with Crippen LogP contribution in [0.5, 0.6) is 0 Å². The summed E-state index contributed by atoms with van der Waals surface area (Å²) in [7, 11) is 1.86. The van der Waals surface area contributed by atoms with Crippen molar-refractivity contribution in [3.05, 3.63) is 87.8 Å². The largest absolute Gasteiger partial charge is 0.341 e. The van der Waals surface area contributed by atoms with Crippen LogP contribution in [0, 0.1) is 13.8 Å². The highest BCUT2D eigenvalue weighted by molar-refractivity contribution is 5.90. The fourth-order valence-corrected chi connectivity index (χ4v) is 3.04. The van der Waals surface area contributed by atoms with Crippen LogP contribution < -0.4 is 15.8 Å². The summed E-state index contributed by atoms with van der Waals surface area (Å²) in [5.41, 5.74) is 3.22. The van der Waals surface area contributed by atoms with Gasteiger partial charge < -0.3 is 10.2 Å². The zero-order chi connectivity index (χ0) is 20.1. The SMILES string of the molecule is Cc1cccc(NC(=O)Cn2c(N(C)Cc3ccccc3)nc(C)cc2=O)c1. The number of aryl methyl sites for hydroxylation is 2. The van der Waals surface area contributed by atoms with E-state index in [1.807, 2.05) is 73.5 Å². The summed E-state index contributed by atoms with van der Waals surface area (Å²) >= 11 is 0. The molecule has 0 unspecified atom stereocenters. The van der Waals surface area contributed by atoms with Gasteiger partial charge >= 0.3 is 0 Å². The number of carbonyl (C=O) groups excluding carboxylic acids is 1. The van der Waals surface area contributed by atoms with Crippen molar-refractivity contribution in [3.8, 4) is 0 Å². The van der Waals surface area contributed by atoms with Crippen molar-refractivity contribution in [1.29, 1.82) is 0 Å². The molecule has 0 saturated carbocycles. The predicted molar refractivity (Wildman–Crippen MR) is 112 cm³/mol. The third-order valence-corrected chi connectivity index (χ3v) is 4.32. The van der Waals surface area contributed by atoms with E-state index in [1.165, 1.54) is 10.6 Å². The molecule has 0 aliphatic rings. The minimum absolute atomic E-state index is 0.103. The average Bonchev–Trinajstić information content (AvgIpc) is 2.64. The topological polar surface area (TPSA) is 67.2 Å². The molecule has 0 aliphatic carbocycles. The van der Waals surface area contributed by atoms with Crippen molar-refractivity contribution < 1.29 is 4.79 Å². The van der Waals surface area contributed by atoms with Gasteiger partial charge in [-0.05, 0) is 37.1 Å². The number of hydrogen-bond donors (Lipinski definition) is 1. The molecule has 3 aromatic rings. The van der Waals surface area contributed by atoms with Gasteiger partial charge in [-0.25, -0.2) is 4.98 Å². The highest BCUT2D eigenvalue weighted by Crippen LogP contribution is 2.14. The number of nitrogens with one attached hydrogen (secondary N) is 1. The van der Waals surface area contributed by atoms with Gasteiger partial charge in [-0.3, -0.25) is 14.2 Å². The Kier molecular flexibility index (Phi) is 5.89. The van der Waals surface area contributed by atoms with Gasteiger partial charge in [0.1, 0.15) is 6.54 Å². The summed E-state index contributed by atoms with van der Waals surface area (Å²) in [5.74, 6) is 0.195. The van der Waals surface area contributed by atoms with Gasteiger partial charge in [0.2, 0.25) is 11.9 Å². The summed E-state index contributed by atoms with van der Waals surface area (Å²) < 4.78 is 1.40. The van der Waals surface area contributed by atoms with E-state index in [-0.39, 0.29) is 18.0 Å². The zero-order valence-corrected chi connectivity index (χ0v) is 16.3. The number of aromatic nitrogens is 2. The number of rotatable bonds is 6. The van der Waals surface area contributed by atoms with Gasteiger partial charge in [0.05, 0.1) is 0 Å². The highest BCUT2D eigenvalue weighted by atomic mass is 16.2. The summed E-state index contributed by atoms with van der Waals surface area (Å²) in [6, 6.07) is 18.9. The molecular formula is C22H24N4O2. The van der Waals surface area contributed by atoms with Crippen LogP contribution in [0.1, 0.15) is 16.8 Å². The zero-order valence-electron chi connectivity index (χ0n) is 16.3. The molecule has 0 bridgehead atoms. The molecule has 0 saturated heterocycles. The van der Waals surface area contributed by atoms with Crippen LogP contribution in [-0.2, 0) is 17.9 Å². The molecule has 1 heterocycles. The second-order valence-electron chi connectivity index (χ2n) is 6.88. The van der Waals surface area contributed by atoms with E-state index in [2.05, 4.69) is 10.3 Å². The number of hydrogen-bond acceptors (Lipinski definition) is 4. The van der Waals surface area contributed by atoms with Crippen LogP contribution in [0.2, 0.25) is 0 Å². The van der Waals surface area contributed by atoms with Crippen molar-refractivity contribution in [2.75, 3.05) is 17.3 Å². The molecule has 0 aliphatic heterocycles. The first-order valence-electron chi connectivity index (χ1n) is 9.12. The van der Waals surface area contributed by atoms with Crippen LogP contribution in [0.4, 0.5) is 11.6 Å². The van der Waals surface area contributed by atoms with Gasteiger partial charge in [-0.1, -0.05) is 42.5 Å². The van der Waals surface area contributed by atoms with Gasteiger partial charge in [-0.2, -0.15) is 0 Å². The molecule has 6 heteroatoms. The maximum Gasteiger partial charge on any atom is 0.255 e. The van der Waals surface area contributed by atoms with Crippen LogP contribution >= 0.6 is 0 Å². The number of nitrogens with zero attached hydrogens (tertiary/aromatic N) is 3. The number of amides is 1. The average molecular weight is 376 g/mol. The minimum Gasteiger partial charge on any atom is -0.341 e. The third-order valence-electron chi connectivity index (χ3n) is 4.32. The molecule has 0 fully saturated rings. The maximum atomic E-state index is 12.6. The lowest BCUT2D eigenvalue weighted by Crippen LogP contribution is -2.34. The summed E-state index contributed by atoms with van der Waals surface area (Å²) in [5, 5.41) is 2.84. The molecule has 0 spiro atoms. The Morgan fingerprint density at radius 1 is 1.07 bits per heavy atom. The number of anilines is 2. The summed E-state index contributed by atoms with van der Waals surface area (Å²) in [6.45, 7) is 4.21. The van der Waals surface area contributed by atoms with E-state index in [0.717, 1.165) is 11.1 Å². The Bertz CT molecular complexity index is 1030. The molecule has 1 aromatic heterocycles. The molecule has 0 radical (unpaired) electrons. The lowest BCUT2D eigenvalue weighted by Gasteiger charge is -2.22. The molecule has 0 atom stereocenters. The standard InChI is InChI=1S/C22H24N4O2/c1-16-8-7-11-19(12-16)24-20(27)15-26-21(28)13-17(2)23-22(26)25(3)14-18-9-5-4-6-10-18/h4-13H,14-15H2,1-3H3,(H,24,27). The van der Waals surface area contributed by atoms with Crippen molar-refractivity contribution in [1.82, 2.24) is 9.55 Å². The molecule has 6 nitrogen and oxygen atoms in total. The van der Waals surface area contributed by atoms with Crippen molar-refractivity contribution in [2.45, 2.75) is 26.9 Å². The summed E-state index contributed by atoms with van der Waals surface area (Å²) in [4.78, 5) is 31.5. The van der Waals surface area contributed by atoms with E-state index in [0.29, 0.717) is 23.9 Å². The molecular weight excluding hydrogens is 352 g/mol. The maximum absolute atomic E-state index is 12.6. The molecule has 1 N–H and O–H groups in total. The van der Waals surface area contributed by atoms with Gasteiger partial charge in [-0.15, -0.1) is 0 Å². The van der Waals surface area contributed by atoms with Crippen LogP contribution in [0.3, 0.4) is 0 Å². The Morgan fingerprint density at radius 2 is 1.82 bits per heavy atom. The van der Waals surface area contributed by atoms with E-state index >= 15 is 0 Å². The Balaban J connectivity index is 1.83. The first kappa shape index (κ1) is 19.4. The Hall–Kier alpha value is -3.41. The van der Waals surface area contributed by atoms with E-state index in [1.54, 1.807) is 6.92 Å². The second-order valence-corrected chi connectivity index (χ2v) is 6.88. The van der Waals surface area contributed by atoms with Crippen LogP contribution in [0.15, 0.2) is 65.5 Å². The highest BCUT2D eigenvalue weighted by Gasteiger charge is 2.15. The predicted octanol–water partition coefficient (Wildman–Crippen LogP) is 3.14. The van der Waals surface area contributed by atoms with Crippen molar-refractivity contribution in [2.24, 2.45) is 0 Å². The van der Waals surface area contributed by atoms with E-state index in [9.17, 15) is 9.59 Å². The Labute approximate surface area is 164 Å². The van der Waals surface area contributed by atoms with Crippen LogP contribution in [0.25, 0.3) is 0 Å². The summed E-state index contributed by atoms with van der Waals surface area (Å²) in [6.07, 6.45) is 0. The Morgan fingerprint density at radius 3 is 2.54 bits per heavy atom. The monoisotopic (exact) mass is 376 g/mol. The fraction of sp³-hybridized carbons (Fsp3) is 0.227. The quantitative estimate of drug-likeness (QED) is 0.718. The molecule has 1 amide bonds. The molecule has 144 valence electrons. The first-order valence-corrected chi connectivity index (χ1v) is 9.12. The van der Waals surface area contributed by atoms with Gasteiger partial charge in [0, 0.05) is 31.0 Å². The second kappa shape index (κ2) is 8.52. The normalized spacial score (nSPS) is 10.5.